The van der Waals surface area contributed by atoms with Crippen LogP contribution < -0.4 is 5.32 Å². The molecule has 1 spiro atoms. The van der Waals surface area contributed by atoms with Gasteiger partial charge in [0.1, 0.15) is 0 Å². The van der Waals surface area contributed by atoms with Gasteiger partial charge >= 0.3 is 0 Å². The van der Waals surface area contributed by atoms with Gasteiger partial charge in [0.05, 0.1) is 11.1 Å². The van der Waals surface area contributed by atoms with Crippen molar-refractivity contribution in [3.05, 3.63) is 180 Å². The number of anilines is 2. The summed E-state index contributed by atoms with van der Waals surface area (Å²) in [5, 5.41) is 6.51. The summed E-state index contributed by atoms with van der Waals surface area (Å²) in [5.41, 5.74) is 14.9. The Morgan fingerprint density at radius 2 is 0.905 bits per heavy atom. The van der Waals surface area contributed by atoms with Gasteiger partial charge in [-0.25, -0.2) is 0 Å². The zero-order chi connectivity index (χ0) is 27.7. The van der Waals surface area contributed by atoms with Crippen LogP contribution in [0.1, 0.15) is 22.3 Å². The average molecular weight is 534 g/mol. The minimum absolute atomic E-state index is 0.434. The topological polar surface area (TPSA) is 12.0 Å². The van der Waals surface area contributed by atoms with Gasteiger partial charge in [-0.05, 0) is 56.0 Å². The van der Waals surface area contributed by atoms with Gasteiger partial charge in [0.15, 0.2) is 0 Å². The van der Waals surface area contributed by atoms with E-state index in [4.69, 9.17) is 0 Å². The van der Waals surface area contributed by atoms with Crippen LogP contribution in [-0.4, -0.2) is 0 Å². The molecule has 7 aromatic rings. The van der Waals surface area contributed by atoms with Gasteiger partial charge in [0.2, 0.25) is 0 Å². The van der Waals surface area contributed by atoms with Crippen molar-refractivity contribution >= 4 is 22.1 Å². The summed E-state index contributed by atoms with van der Waals surface area (Å²) in [7, 11) is 0. The van der Waals surface area contributed by atoms with Gasteiger partial charge in [0, 0.05) is 22.2 Å². The smallest absolute Gasteiger partial charge is 0.0746 e. The fourth-order valence-corrected chi connectivity index (χ4v) is 7.65. The molecule has 1 N–H and O–H groups in total. The van der Waals surface area contributed by atoms with Crippen LogP contribution in [0.3, 0.4) is 0 Å². The molecule has 0 fully saturated rings. The Hall–Kier alpha value is -5.40. The van der Waals surface area contributed by atoms with Crippen LogP contribution in [0.4, 0.5) is 11.4 Å². The predicted molar refractivity (Wildman–Crippen MR) is 175 cm³/mol. The zero-order valence-electron chi connectivity index (χ0n) is 23.0. The first kappa shape index (κ1) is 23.3. The maximum Gasteiger partial charge on any atom is 0.0746 e. The summed E-state index contributed by atoms with van der Waals surface area (Å²) in [6.07, 6.45) is 0. The molecule has 0 heterocycles. The van der Waals surface area contributed by atoms with E-state index < -0.39 is 5.41 Å². The number of benzene rings is 7. The minimum Gasteiger partial charge on any atom is -0.354 e. The lowest BCUT2D eigenvalue weighted by Crippen LogP contribution is -2.27. The Kier molecular flexibility index (Phi) is 4.88. The van der Waals surface area contributed by atoms with Crippen LogP contribution in [0, 0.1) is 0 Å². The predicted octanol–water partition coefficient (Wildman–Crippen LogP) is 10.6. The lowest BCUT2D eigenvalue weighted by Gasteiger charge is -2.33. The fourth-order valence-electron chi connectivity index (χ4n) is 7.65. The molecule has 0 saturated heterocycles. The van der Waals surface area contributed by atoms with Crippen molar-refractivity contribution < 1.29 is 0 Å². The van der Waals surface area contributed by atoms with E-state index in [1.807, 2.05) is 0 Å². The van der Waals surface area contributed by atoms with Gasteiger partial charge in [0.25, 0.3) is 0 Å². The summed E-state index contributed by atoms with van der Waals surface area (Å²) in [5.74, 6) is 0. The number of hydrogen-bond acceptors (Lipinski definition) is 1. The normalized spacial score (nSPS) is 13.4. The number of hydrogen-bond donors (Lipinski definition) is 1. The van der Waals surface area contributed by atoms with Crippen molar-refractivity contribution in [3.8, 4) is 33.4 Å². The molecule has 0 atom stereocenters. The van der Waals surface area contributed by atoms with E-state index in [0.29, 0.717) is 0 Å². The molecule has 42 heavy (non-hydrogen) atoms. The second-order valence-corrected chi connectivity index (χ2v) is 11.3. The molecule has 0 aliphatic heterocycles. The second-order valence-electron chi connectivity index (χ2n) is 11.3. The second kappa shape index (κ2) is 8.80. The van der Waals surface area contributed by atoms with E-state index in [2.05, 4.69) is 163 Å². The third kappa shape index (κ3) is 3.03. The van der Waals surface area contributed by atoms with Crippen LogP contribution in [-0.2, 0) is 5.41 Å². The molecule has 9 rings (SSSR count). The third-order valence-corrected chi connectivity index (χ3v) is 9.29. The largest absolute Gasteiger partial charge is 0.354 e. The summed E-state index contributed by atoms with van der Waals surface area (Å²) < 4.78 is 0. The first-order valence-electron chi connectivity index (χ1n) is 14.6. The molecule has 0 amide bonds. The number of nitrogens with one attached hydrogen (secondary N) is 1. The Balaban J connectivity index is 1.45. The van der Waals surface area contributed by atoms with Crippen LogP contribution in [0.25, 0.3) is 44.2 Å². The highest BCUT2D eigenvalue weighted by Crippen LogP contribution is 2.65. The Morgan fingerprint density at radius 1 is 0.381 bits per heavy atom. The van der Waals surface area contributed by atoms with E-state index in [1.165, 1.54) is 66.4 Å². The summed E-state index contributed by atoms with van der Waals surface area (Å²) in [6.45, 7) is 0. The Labute approximate surface area is 245 Å². The maximum atomic E-state index is 4.06. The zero-order valence-corrected chi connectivity index (χ0v) is 23.0. The lowest BCUT2D eigenvalue weighted by atomic mass is 9.69. The van der Waals surface area contributed by atoms with E-state index in [1.54, 1.807) is 0 Å². The molecule has 1 nitrogen and oxygen atoms in total. The van der Waals surface area contributed by atoms with Crippen molar-refractivity contribution in [1.82, 2.24) is 0 Å². The molecule has 0 radical (unpaired) electrons. The van der Waals surface area contributed by atoms with Crippen molar-refractivity contribution in [3.63, 3.8) is 0 Å². The minimum atomic E-state index is -0.434. The SMILES string of the molecule is c1ccc(-c2ccc3c(c2Nc2cccc4ccccc24)C2(c4ccccc4-c4ccccc42)c2ccccc2-3)cc1. The molecule has 1 heteroatoms. The lowest BCUT2D eigenvalue weighted by molar-refractivity contribution is 0.796. The summed E-state index contributed by atoms with van der Waals surface area (Å²) in [4.78, 5) is 0. The van der Waals surface area contributed by atoms with Crippen molar-refractivity contribution in [1.29, 1.82) is 0 Å². The van der Waals surface area contributed by atoms with Crippen LogP contribution in [0.15, 0.2) is 158 Å². The first-order valence-corrected chi connectivity index (χ1v) is 14.6. The fraction of sp³-hybridized carbons (Fsp3) is 0.0244. The van der Waals surface area contributed by atoms with Gasteiger partial charge in [-0.2, -0.15) is 0 Å². The molecule has 2 aliphatic carbocycles. The van der Waals surface area contributed by atoms with E-state index in [0.717, 1.165) is 11.4 Å². The standard InChI is InChI=1S/C41H27N/c1-2-13-28(14-3-1)30-25-26-34-33-20-8-11-23-37(33)41(35-21-9-6-18-31(35)32-19-7-10-22-36(32)41)39(34)40(30)42-38-24-12-16-27-15-4-5-17-29(27)38/h1-26,42H. The molecule has 0 bridgehead atoms. The van der Waals surface area contributed by atoms with Crippen LogP contribution >= 0.6 is 0 Å². The van der Waals surface area contributed by atoms with Crippen LogP contribution in [0.5, 0.6) is 0 Å². The number of rotatable bonds is 3. The molecule has 196 valence electrons. The third-order valence-electron chi connectivity index (χ3n) is 9.29. The van der Waals surface area contributed by atoms with Crippen molar-refractivity contribution in [2.75, 3.05) is 5.32 Å². The summed E-state index contributed by atoms with van der Waals surface area (Å²) >= 11 is 0. The van der Waals surface area contributed by atoms with Crippen LogP contribution in [0.2, 0.25) is 0 Å². The van der Waals surface area contributed by atoms with Crippen molar-refractivity contribution in [2.45, 2.75) is 5.41 Å². The van der Waals surface area contributed by atoms with Gasteiger partial charge in [-0.3, -0.25) is 0 Å². The van der Waals surface area contributed by atoms with Crippen molar-refractivity contribution in [2.24, 2.45) is 0 Å². The molecular weight excluding hydrogens is 506 g/mol. The van der Waals surface area contributed by atoms with E-state index in [-0.39, 0.29) is 0 Å². The molecule has 0 aromatic heterocycles. The van der Waals surface area contributed by atoms with E-state index in [9.17, 15) is 0 Å². The quantitative estimate of drug-likeness (QED) is 0.238. The molecular formula is C41H27N. The average Bonchev–Trinajstić information content (AvgIpc) is 3.53. The molecule has 7 aromatic carbocycles. The summed E-state index contributed by atoms with van der Waals surface area (Å²) in [6, 6.07) is 57.7. The molecule has 0 unspecified atom stereocenters. The van der Waals surface area contributed by atoms with Gasteiger partial charge < -0.3 is 5.32 Å². The van der Waals surface area contributed by atoms with Gasteiger partial charge in [-0.1, -0.05) is 152 Å². The maximum absolute atomic E-state index is 4.06. The molecule has 2 aliphatic rings. The van der Waals surface area contributed by atoms with Gasteiger partial charge in [-0.15, -0.1) is 0 Å². The Morgan fingerprint density at radius 3 is 1.60 bits per heavy atom. The highest BCUT2D eigenvalue weighted by Gasteiger charge is 2.53. The monoisotopic (exact) mass is 533 g/mol. The Bertz CT molecular complexity index is 2100. The number of fused-ring (bicyclic) bond motifs is 11. The highest BCUT2D eigenvalue weighted by atomic mass is 14.9. The van der Waals surface area contributed by atoms with E-state index >= 15 is 0 Å². The highest BCUT2D eigenvalue weighted by molar-refractivity contribution is 6.04. The first-order chi connectivity index (χ1) is 20.9. The molecule has 0 saturated carbocycles.